The molecule has 0 saturated heterocycles. The van der Waals surface area contributed by atoms with Gasteiger partial charge in [0.25, 0.3) is 0 Å². The highest BCUT2D eigenvalue weighted by Crippen LogP contribution is 2.25. The van der Waals surface area contributed by atoms with Gasteiger partial charge in [-0.15, -0.1) is 6.58 Å². The van der Waals surface area contributed by atoms with Gasteiger partial charge in [-0.2, -0.15) is 0 Å². The Hall–Kier alpha value is -3.36. The Labute approximate surface area is 208 Å². The van der Waals surface area contributed by atoms with Crippen LogP contribution >= 0.6 is 0 Å². The number of hydrogen-bond acceptors (Lipinski definition) is 6. The van der Waals surface area contributed by atoms with Gasteiger partial charge in [-0.05, 0) is 65.2 Å². The van der Waals surface area contributed by atoms with Crippen LogP contribution in [0, 0.1) is 13.8 Å². The molecule has 2 atom stereocenters. The lowest BCUT2D eigenvalue weighted by Crippen LogP contribution is -2.52. The minimum Gasteiger partial charge on any atom is -0.466 e. The third kappa shape index (κ3) is 9.80. The number of nitrogens with zero attached hydrogens (tertiary/aromatic N) is 1. The first kappa shape index (κ1) is 29.7. The van der Waals surface area contributed by atoms with Crippen molar-refractivity contribution in [2.75, 3.05) is 19.7 Å². The molecule has 0 aromatic heterocycles. The maximum atomic E-state index is 13.4. The van der Waals surface area contributed by atoms with Crippen LogP contribution in [0.5, 0.6) is 0 Å². The van der Waals surface area contributed by atoms with Gasteiger partial charge in [0.05, 0.1) is 13.0 Å². The first-order valence-corrected chi connectivity index (χ1v) is 11.7. The smallest absolute Gasteiger partial charge is 0.408 e. The molecule has 0 spiro atoms. The molecule has 0 saturated carbocycles. The summed E-state index contributed by atoms with van der Waals surface area (Å²) < 4.78 is 10.2. The molecule has 0 bridgehead atoms. The topological polar surface area (TPSA) is 114 Å². The number of rotatable bonds is 11. The third-order valence-electron chi connectivity index (χ3n) is 5.05. The van der Waals surface area contributed by atoms with Gasteiger partial charge in [0, 0.05) is 13.1 Å². The lowest BCUT2D eigenvalue weighted by atomic mass is 9.98. The highest BCUT2D eigenvalue weighted by atomic mass is 16.6. The minimum absolute atomic E-state index is 0.00519. The van der Waals surface area contributed by atoms with Crippen molar-refractivity contribution in [1.82, 2.24) is 15.5 Å². The second-order valence-corrected chi connectivity index (χ2v) is 9.24. The Morgan fingerprint density at radius 1 is 1.14 bits per heavy atom. The van der Waals surface area contributed by atoms with Gasteiger partial charge in [-0.3, -0.25) is 14.4 Å². The average molecular weight is 490 g/mol. The van der Waals surface area contributed by atoms with Crippen LogP contribution in [0.1, 0.15) is 63.8 Å². The zero-order valence-corrected chi connectivity index (χ0v) is 21.9. The summed E-state index contributed by atoms with van der Waals surface area (Å²) in [4.78, 5) is 52.0. The Balaban J connectivity index is 3.23. The molecule has 0 fully saturated rings. The molecule has 0 radical (unpaired) electrons. The Kier molecular flexibility index (Phi) is 11.5. The molecule has 9 heteroatoms. The number of hydrogen-bond donors (Lipinski definition) is 2. The van der Waals surface area contributed by atoms with Crippen molar-refractivity contribution in [3.63, 3.8) is 0 Å². The van der Waals surface area contributed by atoms with E-state index >= 15 is 0 Å². The van der Waals surface area contributed by atoms with Gasteiger partial charge in [0.15, 0.2) is 0 Å². The standard InChI is InChI=1S/C26H39N3O6/c1-9-15-29(24(32)19(5)28-25(33)35-26(6,7)8)22(20-12-11-17(3)18(4)16-20)23(31)27-14-13-21(30)34-10-2/h9,11-12,16,19,22H,1,10,13-15H2,2-8H3,(H,27,31)(H,28,33). The molecule has 0 heterocycles. The Morgan fingerprint density at radius 3 is 2.34 bits per heavy atom. The molecule has 0 aliphatic rings. The summed E-state index contributed by atoms with van der Waals surface area (Å²) >= 11 is 0. The maximum absolute atomic E-state index is 13.4. The number of nitrogens with one attached hydrogen (secondary N) is 2. The predicted octanol–water partition coefficient (Wildman–Crippen LogP) is 3.34. The van der Waals surface area contributed by atoms with Gasteiger partial charge in [-0.1, -0.05) is 24.3 Å². The van der Waals surface area contributed by atoms with Crippen LogP contribution in [0.3, 0.4) is 0 Å². The summed E-state index contributed by atoms with van der Waals surface area (Å²) in [7, 11) is 0. The second kappa shape index (κ2) is 13.5. The largest absolute Gasteiger partial charge is 0.466 e. The number of carbonyl (C=O) groups is 4. The van der Waals surface area contributed by atoms with E-state index in [1.807, 2.05) is 26.0 Å². The average Bonchev–Trinajstić information content (AvgIpc) is 2.74. The van der Waals surface area contributed by atoms with Crippen molar-refractivity contribution in [1.29, 1.82) is 0 Å². The van der Waals surface area contributed by atoms with Crippen LogP contribution in [-0.4, -0.2) is 60.1 Å². The van der Waals surface area contributed by atoms with Gasteiger partial charge in [-0.25, -0.2) is 4.79 Å². The van der Waals surface area contributed by atoms with Crippen molar-refractivity contribution in [2.45, 2.75) is 72.6 Å². The van der Waals surface area contributed by atoms with Crippen LogP contribution < -0.4 is 10.6 Å². The maximum Gasteiger partial charge on any atom is 0.408 e. The van der Waals surface area contributed by atoms with Gasteiger partial charge < -0.3 is 25.0 Å². The molecule has 194 valence electrons. The van der Waals surface area contributed by atoms with Crippen molar-refractivity contribution >= 4 is 23.9 Å². The Morgan fingerprint density at radius 2 is 1.80 bits per heavy atom. The van der Waals surface area contributed by atoms with Crippen molar-refractivity contribution in [2.24, 2.45) is 0 Å². The van der Waals surface area contributed by atoms with Crippen LogP contribution in [-0.2, 0) is 23.9 Å². The van der Waals surface area contributed by atoms with E-state index in [4.69, 9.17) is 9.47 Å². The van der Waals surface area contributed by atoms with Crippen molar-refractivity contribution < 1.29 is 28.7 Å². The normalized spacial score (nSPS) is 12.7. The molecule has 3 amide bonds. The molecule has 1 aromatic carbocycles. The SMILES string of the molecule is C=CCN(C(=O)C(C)NC(=O)OC(C)(C)C)C(C(=O)NCCC(=O)OCC)c1ccc(C)c(C)c1. The highest BCUT2D eigenvalue weighted by Gasteiger charge is 2.34. The highest BCUT2D eigenvalue weighted by molar-refractivity contribution is 5.92. The van der Waals surface area contributed by atoms with E-state index in [1.54, 1.807) is 33.8 Å². The van der Waals surface area contributed by atoms with E-state index in [1.165, 1.54) is 17.9 Å². The van der Waals surface area contributed by atoms with Crippen molar-refractivity contribution in [3.8, 4) is 0 Å². The number of carbonyl (C=O) groups excluding carboxylic acids is 4. The molecule has 0 aliphatic carbocycles. The summed E-state index contributed by atoms with van der Waals surface area (Å²) in [6, 6.07) is 3.53. The molecule has 9 nitrogen and oxygen atoms in total. The third-order valence-corrected chi connectivity index (χ3v) is 5.05. The minimum atomic E-state index is -1.01. The van der Waals surface area contributed by atoms with Crippen LogP contribution in [0.4, 0.5) is 4.79 Å². The fourth-order valence-electron chi connectivity index (χ4n) is 3.28. The molecule has 35 heavy (non-hydrogen) atoms. The van der Waals surface area contributed by atoms with Crippen LogP contribution in [0.2, 0.25) is 0 Å². The molecule has 2 unspecified atom stereocenters. The Bertz CT molecular complexity index is 922. The molecule has 1 rings (SSSR count). The summed E-state index contributed by atoms with van der Waals surface area (Å²) in [5.41, 5.74) is 1.87. The first-order valence-electron chi connectivity index (χ1n) is 11.7. The summed E-state index contributed by atoms with van der Waals surface area (Å²) in [6.07, 6.45) is 0.780. The molecular formula is C26H39N3O6. The van der Waals surface area contributed by atoms with Crippen LogP contribution in [0.15, 0.2) is 30.9 Å². The summed E-state index contributed by atoms with van der Waals surface area (Å²) in [5, 5.41) is 5.26. The fourth-order valence-corrected chi connectivity index (χ4v) is 3.28. The number of ether oxygens (including phenoxy) is 2. The summed E-state index contributed by atoms with van der Waals surface area (Å²) in [6.45, 7) is 16.4. The van der Waals surface area contributed by atoms with E-state index in [-0.39, 0.29) is 26.1 Å². The van der Waals surface area contributed by atoms with Gasteiger partial charge in [0.1, 0.15) is 17.7 Å². The molecular weight excluding hydrogens is 450 g/mol. The zero-order chi connectivity index (χ0) is 26.8. The van der Waals surface area contributed by atoms with E-state index in [0.717, 1.165) is 11.1 Å². The number of benzene rings is 1. The lowest BCUT2D eigenvalue weighted by molar-refractivity contribution is -0.144. The second-order valence-electron chi connectivity index (χ2n) is 9.24. The van der Waals surface area contributed by atoms with E-state index in [9.17, 15) is 19.2 Å². The van der Waals surface area contributed by atoms with Crippen LogP contribution in [0.25, 0.3) is 0 Å². The van der Waals surface area contributed by atoms with Gasteiger partial charge in [0.2, 0.25) is 11.8 Å². The number of aryl methyl sites for hydroxylation is 2. The fraction of sp³-hybridized carbons (Fsp3) is 0.538. The summed E-state index contributed by atoms with van der Waals surface area (Å²) in [5.74, 6) is -1.37. The van der Waals surface area contributed by atoms with Crippen molar-refractivity contribution in [3.05, 3.63) is 47.5 Å². The monoisotopic (exact) mass is 489 g/mol. The number of alkyl carbamates (subject to hydrolysis) is 1. The van der Waals surface area contributed by atoms with Gasteiger partial charge >= 0.3 is 12.1 Å². The molecule has 2 N–H and O–H groups in total. The van der Waals surface area contributed by atoms with E-state index < -0.39 is 41.6 Å². The van der Waals surface area contributed by atoms with E-state index in [0.29, 0.717) is 5.56 Å². The zero-order valence-electron chi connectivity index (χ0n) is 21.9. The molecule has 0 aliphatic heterocycles. The van der Waals surface area contributed by atoms with E-state index in [2.05, 4.69) is 17.2 Å². The number of amides is 3. The molecule has 1 aromatic rings. The number of esters is 1. The predicted molar refractivity (Wildman–Crippen MR) is 134 cm³/mol. The lowest BCUT2D eigenvalue weighted by Gasteiger charge is -2.33. The first-order chi connectivity index (χ1) is 16.3. The quantitative estimate of drug-likeness (QED) is 0.364.